The van der Waals surface area contributed by atoms with Crippen molar-refractivity contribution < 1.29 is 9.53 Å². The molecule has 0 aliphatic rings. The highest BCUT2D eigenvalue weighted by atomic mass is 16.5. The van der Waals surface area contributed by atoms with Crippen LogP contribution in [0, 0.1) is 0 Å². The Balaban J connectivity index is 1.67. The first-order chi connectivity index (χ1) is 12.7. The molecule has 0 saturated heterocycles. The number of carbonyl (C=O) groups excluding carboxylic acids is 1. The third-order valence-corrected chi connectivity index (χ3v) is 3.98. The van der Waals surface area contributed by atoms with Crippen molar-refractivity contribution in [1.82, 2.24) is 20.0 Å². The maximum Gasteiger partial charge on any atom is 0.250 e. The van der Waals surface area contributed by atoms with Crippen molar-refractivity contribution in [3.05, 3.63) is 82.4 Å². The number of hydrogen-bond acceptors (Lipinski definition) is 5. The van der Waals surface area contributed by atoms with Crippen molar-refractivity contribution in [2.24, 2.45) is 0 Å². The van der Waals surface area contributed by atoms with Gasteiger partial charge in [-0.05, 0) is 30.3 Å². The van der Waals surface area contributed by atoms with Crippen LogP contribution in [-0.2, 0) is 6.61 Å². The summed E-state index contributed by atoms with van der Waals surface area (Å²) in [5, 5.41) is 8.91. The van der Waals surface area contributed by atoms with Gasteiger partial charge in [0.15, 0.2) is 0 Å². The molecule has 0 unspecified atom stereocenters. The van der Waals surface area contributed by atoms with Gasteiger partial charge in [-0.15, -0.1) is 5.10 Å². The molecule has 0 atom stereocenters. The summed E-state index contributed by atoms with van der Waals surface area (Å²) in [4.78, 5) is 25.5. The molecule has 0 spiro atoms. The van der Waals surface area contributed by atoms with Crippen molar-refractivity contribution in [2.75, 3.05) is 0 Å². The smallest absolute Gasteiger partial charge is 0.250 e. The van der Waals surface area contributed by atoms with Crippen LogP contribution in [0.25, 0.3) is 16.6 Å². The Kier molecular flexibility index (Phi) is 4.03. The van der Waals surface area contributed by atoms with Crippen molar-refractivity contribution in [3.63, 3.8) is 0 Å². The quantitative estimate of drug-likeness (QED) is 0.561. The largest absolute Gasteiger partial charge is 0.487 e. The first-order valence-electron chi connectivity index (χ1n) is 7.95. The summed E-state index contributed by atoms with van der Waals surface area (Å²) < 4.78 is 7.35. The number of pyridine rings is 1. The van der Waals surface area contributed by atoms with Crippen LogP contribution in [-0.4, -0.2) is 26.3 Å². The van der Waals surface area contributed by atoms with Crippen molar-refractivity contribution in [3.8, 4) is 11.4 Å². The molecule has 7 heteroatoms. The Hall–Kier alpha value is -3.74. The fourth-order valence-corrected chi connectivity index (χ4v) is 2.72. The lowest BCUT2D eigenvalue weighted by molar-refractivity contribution is 0.112. The fourth-order valence-electron chi connectivity index (χ4n) is 2.72. The number of H-pyrrole nitrogens is 1. The standard InChI is InChI=1S/C19H14N4O3/c24-11-13-5-7-15(8-6-13)26-12-14-10-20-22-23(14)18-9-19(25)21-17-4-2-1-3-16(17)18/h1-11H,12H2,(H,21,25). The number of rotatable bonds is 5. The highest BCUT2D eigenvalue weighted by Crippen LogP contribution is 2.20. The van der Waals surface area contributed by atoms with Gasteiger partial charge < -0.3 is 9.72 Å². The van der Waals surface area contributed by atoms with Gasteiger partial charge in [-0.3, -0.25) is 9.59 Å². The van der Waals surface area contributed by atoms with Crippen LogP contribution in [0.3, 0.4) is 0 Å². The minimum absolute atomic E-state index is 0.217. The van der Waals surface area contributed by atoms with Gasteiger partial charge in [-0.25, -0.2) is 4.68 Å². The van der Waals surface area contributed by atoms with Gasteiger partial charge >= 0.3 is 0 Å². The van der Waals surface area contributed by atoms with Crippen molar-refractivity contribution >= 4 is 17.2 Å². The molecule has 0 fully saturated rings. The Morgan fingerprint density at radius 2 is 1.92 bits per heavy atom. The van der Waals surface area contributed by atoms with Gasteiger partial charge in [0.05, 0.1) is 17.4 Å². The Bertz CT molecular complexity index is 1130. The van der Waals surface area contributed by atoms with Gasteiger partial charge in [-0.1, -0.05) is 23.4 Å². The Morgan fingerprint density at radius 3 is 2.73 bits per heavy atom. The van der Waals surface area contributed by atoms with Crippen LogP contribution >= 0.6 is 0 Å². The predicted octanol–water partition coefficient (Wildman–Crippen LogP) is 2.50. The second-order valence-corrected chi connectivity index (χ2v) is 5.68. The van der Waals surface area contributed by atoms with E-state index < -0.39 is 0 Å². The summed E-state index contributed by atoms with van der Waals surface area (Å²) in [7, 11) is 0. The highest BCUT2D eigenvalue weighted by molar-refractivity contribution is 5.86. The van der Waals surface area contributed by atoms with Gasteiger partial charge in [0.2, 0.25) is 0 Å². The lowest BCUT2D eigenvalue weighted by atomic mass is 10.2. The topological polar surface area (TPSA) is 89.9 Å². The second-order valence-electron chi connectivity index (χ2n) is 5.68. The summed E-state index contributed by atoms with van der Waals surface area (Å²) in [6, 6.07) is 15.8. The summed E-state index contributed by atoms with van der Waals surface area (Å²) in [5.41, 5.74) is 2.42. The van der Waals surface area contributed by atoms with E-state index in [4.69, 9.17) is 4.74 Å². The van der Waals surface area contributed by atoms with E-state index in [1.807, 2.05) is 24.3 Å². The Morgan fingerprint density at radius 1 is 1.12 bits per heavy atom. The molecule has 0 bridgehead atoms. The minimum atomic E-state index is -0.217. The maximum absolute atomic E-state index is 12.0. The number of fused-ring (bicyclic) bond motifs is 1. The van der Waals surface area contributed by atoms with Crippen LogP contribution in [0.15, 0.2) is 65.6 Å². The van der Waals surface area contributed by atoms with E-state index in [1.54, 1.807) is 35.1 Å². The molecule has 4 aromatic rings. The summed E-state index contributed by atoms with van der Waals surface area (Å²) in [6.45, 7) is 0.217. The summed E-state index contributed by atoms with van der Waals surface area (Å²) in [5.74, 6) is 0.624. The van der Waals surface area contributed by atoms with E-state index in [0.717, 1.165) is 17.2 Å². The number of benzene rings is 2. The second kappa shape index (κ2) is 6.64. The molecule has 0 amide bonds. The molecule has 0 aliphatic heterocycles. The van der Waals surface area contributed by atoms with E-state index in [2.05, 4.69) is 15.3 Å². The average molecular weight is 346 g/mol. The van der Waals surface area contributed by atoms with Gasteiger partial charge in [0.25, 0.3) is 5.56 Å². The van der Waals surface area contributed by atoms with E-state index in [0.29, 0.717) is 22.7 Å². The molecule has 2 aromatic heterocycles. The van der Waals surface area contributed by atoms with Crippen LogP contribution in [0.1, 0.15) is 16.1 Å². The van der Waals surface area contributed by atoms with E-state index in [9.17, 15) is 9.59 Å². The monoisotopic (exact) mass is 346 g/mol. The molecule has 0 radical (unpaired) electrons. The highest BCUT2D eigenvalue weighted by Gasteiger charge is 2.11. The number of aromatic amines is 1. The molecule has 0 saturated carbocycles. The van der Waals surface area contributed by atoms with E-state index in [1.165, 1.54) is 6.07 Å². The molecule has 26 heavy (non-hydrogen) atoms. The zero-order valence-electron chi connectivity index (χ0n) is 13.6. The number of nitrogens with one attached hydrogen (secondary N) is 1. The maximum atomic E-state index is 12.0. The third-order valence-electron chi connectivity index (χ3n) is 3.98. The van der Waals surface area contributed by atoms with Crippen molar-refractivity contribution in [1.29, 1.82) is 0 Å². The zero-order valence-corrected chi connectivity index (χ0v) is 13.6. The van der Waals surface area contributed by atoms with Gasteiger partial charge in [0.1, 0.15) is 24.3 Å². The van der Waals surface area contributed by atoms with E-state index >= 15 is 0 Å². The number of nitrogens with zero attached hydrogens (tertiary/aromatic N) is 3. The fraction of sp³-hybridized carbons (Fsp3) is 0.0526. The molecule has 128 valence electrons. The summed E-state index contributed by atoms with van der Waals surface area (Å²) >= 11 is 0. The predicted molar refractivity (Wildman–Crippen MR) is 95.6 cm³/mol. The molecule has 0 aliphatic carbocycles. The molecule has 7 nitrogen and oxygen atoms in total. The van der Waals surface area contributed by atoms with Crippen LogP contribution in [0.5, 0.6) is 5.75 Å². The average Bonchev–Trinajstić information content (AvgIpc) is 3.14. The van der Waals surface area contributed by atoms with E-state index in [-0.39, 0.29) is 12.2 Å². The van der Waals surface area contributed by atoms with Crippen LogP contribution < -0.4 is 10.3 Å². The minimum Gasteiger partial charge on any atom is -0.487 e. The zero-order chi connectivity index (χ0) is 17.9. The molecular formula is C19H14N4O3. The number of carbonyl (C=O) groups is 1. The molecular weight excluding hydrogens is 332 g/mol. The molecule has 2 aromatic carbocycles. The number of para-hydroxylation sites is 1. The van der Waals surface area contributed by atoms with Crippen molar-refractivity contribution in [2.45, 2.75) is 6.61 Å². The first-order valence-corrected chi connectivity index (χ1v) is 7.95. The normalized spacial score (nSPS) is 10.8. The first kappa shape index (κ1) is 15.8. The Labute approximate surface area is 147 Å². The van der Waals surface area contributed by atoms with Gasteiger partial charge in [0, 0.05) is 17.0 Å². The van der Waals surface area contributed by atoms with Crippen LogP contribution in [0.2, 0.25) is 0 Å². The number of aldehydes is 1. The lowest BCUT2D eigenvalue weighted by Crippen LogP contribution is -2.12. The molecule has 4 rings (SSSR count). The van der Waals surface area contributed by atoms with Crippen LogP contribution in [0.4, 0.5) is 0 Å². The SMILES string of the molecule is O=Cc1ccc(OCc2cnnn2-c2cc(=O)[nH]c3ccccc23)cc1. The number of ether oxygens (including phenoxy) is 1. The van der Waals surface area contributed by atoms with Gasteiger partial charge in [-0.2, -0.15) is 0 Å². The molecule has 1 N–H and O–H groups in total. The lowest BCUT2D eigenvalue weighted by Gasteiger charge is -2.10. The number of hydrogen-bond donors (Lipinski definition) is 1. The summed E-state index contributed by atoms with van der Waals surface area (Å²) in [6.07, 6.45) is 2.37. The molecule has 2 heterocycles. The third kappa shape index (κ3) is 2.98. The number of aromatic nitrogens is 4.